The van der Waals surface area contributed by atoms with Crippen LogP contribution in [0.2, 0.25) is 0 Å². The average molecular weight is 382 g/mol. The van der Waals surface area contributed by atoms with E-state index in [0.29, 0.717) is 16.5 Å². The van der Waals surface area contributed by atoms with E-state index >= 15 is 0 Å². The quantitative estimate of drug-likeness (QED) is 0.848. The minimum absolute atomic E-state index is 0.195. The van der Waals surface area contributed by atoms with Crippen LogP contribution >= 0.6 is 11.3 Å². The summed E-state index contributed by atoms with van der Waals surface area (Å²) in [6.07, 6.45) is 4.05. The Morgan fingerprint density at radius 1 is 1.32 bits per heavy atom. The fourth-order valence-electron chi connectivity index (χ4n) is 2.89. The summed E-state index contributed by atoms with van der Waals surface area (Å²) in [5, 5.41) is 2.70. The Hall–Kier alpha value is -1.93. The largest absolute Gasteiger partial charge is 0.321 e. The van der Waals surface area contributed by atoms with E-state index in [1.807, 2.05) is 6.07 Å². The monoisotopic (exact) mass is 382 g/mol. The number of amides is 1. The van der Waals surface area contributed by atoms with Crippen molar-refractivity contribution in [3.63, 3.8) is 0 Å². The molecule has 8 heteroatoms. The number of thiophene rings is 1. The molecule has 1 atom stereocenters. The standard InChI is InChI=1S/C17H19FN2O3S2/c1-10-3-6-15-11(7-10)8-16(24-15)17(21)19-12-4-5-13(18)14(9-12)20-25(2,22)23/h4-5,8-10,20H,3,6-7H2,1-2H3,(H,19,21)/t10-/m1/s1. The molecule has 1 aliphatic carbocycles. The molecule has 1 aromatic carbocycles. The first kappa shape index (κ1) is 17.9. The van der Waals surface area contributed by atoms with E-state index in [4.69, 9.17) is 0 Å². The lowest BCUT2D eigenvalue weighted by Gasteiger charge is -2.16. The van der Waals surface area contributed by atoms with Gasteiger partial charge in [-0.05, 0) is 55.0 Å². The first-order valence-electron chi connectivity index (χ1n) is 7.91. The van der Waals surface area contributed by atoms with Crippen molar-refractivity contribution in [3.05, 3.63) is 45.4 Å². The number of halogens is 1. The highest BCUT2D eigenvalue weighted by molar-refractivity contribution is 7.92. The predicted octanol–water partition coefficient (Wildman–Crippen LogP) is 3.64. The number of rotatable bonds is 4. The van der Waals surface area contributed by atoms with E-state index in [1.165, 1.54) is 33.9 Å². The van der Waals surface area contributed by atoms with E-state index in [9.17, 15) is 17.6 Å². The number of carbonyl (C=O) groups excluding carboxylic acids is 1. The molecule has 3 rings (SSSR count). The van der Waals surface area contributed by atoms with Crippen LogP contribution in [0.1, 0.15) is 33.5 Å². The first-order chi connectivity index (χ1) is 11.7. The molecule has 0 unspecified atom stereocenters. The van der Waals surface area contributed by atoms with E-state index in [-0.39, 0.29) is 11.6 Å². The smallest absolute Gasteiger partial charge is 0.265 e. The number of hydrogen-bond acceptors (Lipinski definition) is 4. The molecule has 25 heavy (non-hydrogen) atoms. The van der Waals surface area contributed by atoms with Gasteiger partial charge in [0.2, 0.25) is 10.0 Å². The summed E-state index contributed by atoms with van der Waals surface area (Å²) in [5.74, 6) is -0.354. The van der Waals surface area contributed by atoms with Crippen LogP contribution in [0.15, 0.2) is 24.3 Å². The molecule has 0 aliphatic heterocycles. The Labute approximate surface area is 150 Å². The average Bonchev–Trinajstić information content (AvgIpc) is 2.92. The van der Waals surface area contributed by atoms with Gasteiger partial charge in [-0.1, -0.05) is 6.92 Å². The number of nitrogens with one attached hydrogen (secondary N) is 2. The fraction of sp³-hybridized carbons (Fsp3) is 0.353. The fourth-order valence-corrected chi connectivity index (χ4v) is 4.55. The highest BCUT2D eigenvalue weighted by atomic mass is 32.2. The van der Waals surface area contributed by atoms with E-state index in [0.717, 1.165) is 31.6 Å². The van der Waals surface area contributed by atoms with Crippen LogP contribution < -0.4 is 10.0 Å². The Balaban J connectivity index is 1.78. The summed E-state index contributed by atoms with van der Waals surface area (Å²) < 4.78 is 38.4. The van der Waals surface area contributed by atoms with Gasteiger partial charge in [0, 0.05) is 10.6 Å². The van der Waals surface area contributed by atoms with Crippen LogP contribution in [0.4, 0.5) is 15.8 Å². The van der Waals surface area contributed by atoms with Gasteiger partial charge in [-0.2, -0.15) is 0 Å². The molecule has 0 saturated heterocycles. The third kappa shape index (κ3) is 4.38. The van der Waals surface area contributed by atoms with Gasteiger partial charge >= 0.3 is 0 Å². The Kier molecular flexibility index (Phi) is 4.83. The number of benzene rings is 1. The Bertz CT molecular complexity index is 922. The summed E-state index contributed by atoms with van der Waals surface area (Å²) in [4.78, 5) is 14.3. The summed E-state index contributed by atoms with van der Waals surface area (Å²) in [5.41, 5.74) is 1.37. The van der Waals surface area contributed by atoms with Gasteiger partial charge in [0.05, 0.1) is 16.8 Å². The topological polar surface area (TPSA) is 75.3 Å². The van der Waals surface area contributed by atoms with Gasteiger partial charge in [0.15, 0.2) is 0 Å². The van der Waals surface area contributed by atoms with Crippen LogP contribution in [-0.2, 0) is 22.9 Å². The summed E-state index contributed by atoms with van der Waals surface area (Å²) >= 11 is 1.48. The number of sulfonamides is 1. The molecule has 0 fully saturated rings. The minimum Gasteiger partial charge on any atom is -0.321 e. The van der Waals surface area contributed by atoms with Gasteiger partial charge in [-0.15, -0.1) is 11.3 Å². The number of anilines is 2. The molecule has 2 aromatic rings. The highest BCUT2D eigenvalue weighted by Crippen LogP contribution is 2.32. The molecule has 0 bridgehead atoms. The van der Waals surface area contributed by atoms with Crippen molar-refractivity contribution >= 4 is 38.6 Å². The van der Waals surface area contributed by atoms with E-state index < -0.39 is 15.8 Å². The number of fused-ring (bicyclic) bond motifs is 1. The van der Waals surface area contributed by atoms with Crippen molar-refractivity contribution in [2.24, 2.45) is 5.92 Å². The highest BCUT2D eigenvalue weighted by Gasteiger charge is 2.21. The summed E-state index contributed by atoms with van der Waals surface area (Å²) in [6, 6.07) is 5.70. The lowest BCUT2D eigenvalue weighted by Crippen LogP contribution is -2.13. The summed E-state index contributed by atoms with van der Waals surface area (Å²) in [7, 11) is -3.61. The van der Waals surface area contributed by atoms with Crippen molar-refractivity contribution in [1.82, 2.24) is 0 Å². The van der Waals surface area contributed by atoms with Crippen LogP contribution in [0.3, 0.4) is 0 Å². The number of carbonyl (C=O) groups is 1. The normalized spacial score (nSPS) is 17.0. The van der Waals surface area contributed by atoms with Crippen LogP contribution in [0.5, 0.6) is 0 Å². The molecule has 5 nitrogen and oxygen atoms in total. The van der Waals surface area contributed by atoms with Gasteiger partial charge in [-0.3, -0.25) is 9.52 Å². The molecule has 0 radical (unpaired) electrons. The van der Waals surface area contributed by atoms with Crippen molar-refractivity contribution < 1.29 is 17.6 Å². The summed E-state index contributed by atoms with van der Waals surface area (Å²) in [6.45, 7) is 2.20. The molecule has 1 heterocycles. The van der Waals surface area contributed by atoms with Crippen LogP contribution in [0.25, 0.3) is 0 Å². The van der Waals surface area contributed by atoms with E-state index in [2.05, 4.69) is 17.0 Å². The SMILES string of the molecule is C[C@@H]1CCc2sc(C(=O)Nc3ccc(F)c(NS(C)(=O)=O)c3)cc2C1. The Morgan fingerprint density at radius 3 is 2.80 bits per heavy atom. The third-order valence-corrected chi connectivity index (χ3v) is 5.90. The van der Waals surface area contributed by atoms with Crippen LogP contribution in [0, 0.1) is 11.7 Å². The first-order valence-corrected chi connectivity index (χ1v) is 10.6. The minimum atomic E-state index is -3.61. The zero-order chi connectivity index (χ0) is 18.2. The molecular formula is C17H19FN2O3S2. The van der Waals surface area contributed by atoms with Crippen LogP contribution in [-0.4, -0.2) is 20.6 Å². The molecule has 134 valence electrons. The second kappa shape index (κ2) is 6.76. The van der Waals surface area contributed by atoms with Crippen molar-refractivity contribution in [1.29, 1.82) is 0 Å². The molecule has 0 spiro atoms. The maximum atomic E-state index is 13.7. The van der Waals surface area contributed by atoms with Gasteiger partial charge < -0.3 is 5.32 Å². The lowest BCUT2D eigenvalue weighted by atomic mass is 9.90. The molecular weight excluding hydrogens is 363 g/mol. The maximum Gasteiger partial charge on any atom is 0.265 e. The number of aryl methyl sites for hydroxylation is 1. The second-order valence-corrected chi connectivity index (χ2v) is 9.32. The molecule has 1 aromatic heterocycles. The maximum absolute atomic E-state index is 13.7. The van der Waals surface area contributed by atoms with Gasteiger partial charge in [0.1, 0.15) is 5.82 Å². The second-order valence-electron chi connectivity index (χ2n) is 6.43. The molecule has 0 saturated carbocycles. The Morgan fingerprint density at radius 2 is 2.08 bits per heavy atom. The van der Waals surface area contributed by atoms with Gasteiger partial charge in [0.25, 0.3) is 5.91 Å². The zero-order valence-corrected chi connectivity index (χ0v) is 15.6. The van der Waals surface area contributed by atoms with Crippen molar-refractivity contribution in [2.45, 2.75) is 26.2 Å². The van der Waals surface area contributed by atoms with E-state index in [1.54, 1.807) is 0 Å². The third-order valence-electron chi connectivity index (χ3n) is 4.07. The molecule has 1 aliphatic rings. The number of hydrogen-bond donors (Lipinski definition) is 2. The lowest BCUT2D eigenvalue weighted by molar-refractivity contribution is 0.103. The molecule has 2 N–H and O–H groups in total. The molecule has 1 amide bonds. The zero-order valence-electron chi connectivity index (χ0n) is 13.9. The van der Waals surface area contributed by atoms with Crippen molar-refractivity contribution in [2.75, 3.05) is 16.3 Å². The van der Waals surface area contributed by atoms with Crippen molar-refractivity contribution in [3.8, 4) is 0 Å². The predicted molar refractivity (Wildman–Crippen MR) is 98.3 cm³/mol. The van der Waals surface area contributed by atoms with Gasteiger partial charge in [-0.25, -0.2) is 12.8 Å².